The molecule has 1 rings (SSSR count). The first-order valence-corrected chi connectivity index (χ1v) is 8.26. The summed E-state index contributed by atoms with van der Waals surface area (Å²) in [5, 5.41) is 9.48. The average Bonchev–Trinajstić information content (AvgIpc) is 2.73. The lowest BCUT2D eigenvalue weighted by Crippen LogP contribution is -2.37. The molecule has 1 heterocycles. The first kappa shape index (κ1) is 20.0. The highest BCUT2D eigenvalue weighted by atomic mass is 16.6. The zero-order chi connectivity index (χ0) is 18.3. The van der Waals surface area contributed by atoms with Gasteiger partial charge in [-0.3, -0.25) is 4.79 Å². The van der Waals surface area contributed by atoms with Gasteiger partial charge in [-0.15, -0.1) is 0 Å². The van der Waals surface area contributed by atoms with E-state index in [0.717, 1.165) is 17.0 Å². The maximum Gasteiger partial charge on any atom is 0.407 e. The minimum atomic E-state index is -0.512. The summed E-state index contributed by atoms with van der Waals surface area (Å²) >= 11 is 0. The van der Waals surface area contributed by atoms with Crippen LogP contribution in [0, 0.1) is 13.8 Å². The van der Waals surface area contributed by atoms with E-state index < -0.39 is 11.7 Å². The van der Waals surface area contributed by atoms with Crippen LogP contribution >= 0.6 is 0 Å². The Balaban J connectivity index is 2.24. The smallest absolute Gasteiger partial charge is 0.407 e. The van der Waals surface area contributed by atoms with Crippen LogP contribution in [0.2, 0.25) is 0 Å². The second-order valence-electron chi connectivity index (χ2n) is 6.99. The molecule has 0 aliphatic carbocycles. The summed E-state index contributed by atoms with van der Waals surface area (Å²) in [4.78, 5) is 23.5. The van der Waals surface area contributed by atoms with Gasteiger partial charge in [0.1, 0.15) is 11.4 Å². The normalized spacial score (nSPS) is 12.6. The number of nitrogens with zero attached hydrogens (tertiary/aromatic N) is 1. The van der Waals surface area contributed by atoms with Crippen molar-refractivity contribution >= 4 is 12.0 Å². The van der Waals surface area contributed by atoms with Crippen molar-refractivity contribution < 1.29 is 18.8 Å². The van der Waals surface area contributed by atoms with Gasteiger partial charge in [0.2, 0.25) is 5.91 Å². The van der Waals surface area contributed by atoms with Crippen LogP contribution in [0.5, 0.6) is 0 Å². The summed E-state index contributed by atoms with van der Waals surface area (Å²) in [5.41, 5.74) is 1.31. The van der Waals surface area contributed by atoms with E-state index in [2.05, 4.69) is 15.8 Å². The molecule has 0 saturated carbocycles. The zero-order valence-corrected chi connectivity index (χ0v) is 15.5. The quantitative estimate of drug-likeness (QED) is 0.796. The molecule has 1 unspecified atom stereocenters. The molecule has 0 fully saturated rings. The van der Waals surface area contributed by atoms with E-state index in [1.54, 1.807) is 0 Å². The predicted octanol–water partition coefficient (Wildman–Crippen LogP) is 2.64. The molecule has 0 aliphatic heterocycles. The number of ether oxygens (including phenoxy) is 1. The lowest BCUT2D eigenvalue weighted by atomic mass is 10.1. The van der Waals surface area contributed by atoms with Crippen LogP contribution in [0.15, 0.2) is 4.52 Å². The van der Waals surface area contributed by atoms with Crippen molar-refractivity contribution in [3.05, 3.63) is 17.0 Å². The highest BCUT2D eigenvalue weighted by Gasteiger charge is 2.16. The van der Waals surface area contributed by atoms with E-state index in [9.17, 15) is 9.59 Å². The maximum atomic E-state index is 12.0. The third kappa shape index (κ3) is 7.48. The van der Waals surface area contributed by atoms with Gasteiger partial charge in [-0.25, -0.2) is 4.79 Å². The van der Waals surface area contributed by atoms with Crippen molar-refractivity contribution in [3.8, 4) is 0 Å². The van der Waals surface area contributed by atoms with Gasteiger partial charge < -0.3 is 19.9 Å². The van der Waals surface area contributed by atoms with Crippen molar-refractivity contribution in [3.63, 3.8) is 0 Å². The van der Waals surface area contributed by atoms with Crippen LogP contribution < -0.4 is 10.6 Å². The van der Waals surface area contributed by atoms with Crippen molar-refractivity contribution in [2.24, 2.45) is 0 Å². The Morgan fingerprint density at radius 3 is 2.50 bits per heavy atom. The number of hydrogen-bond acceptors (Lipinski definition) is 5. The average molecular weight is 339 g/mol. The van der Waals surface area contributed by atoms with Crippen LogP contribution in [0.25, 0.3) is 0 Å². The van der Waals surface area contributed by atoms with E-state index >= 15 is 0 Å². The van der Waals surface area contributed by atoms with Crippen molar-refractivity contribution in [2.45, 2.75) is 72.4 Å². The molecule has 1 aromatic rings. The zero-order valence-electron chi connectivity index (χ0n) is 15.5. The number of alkyl carbamates (subject to hydrolysis) is 1. The van der Waals surface area contributed by atoms with Gasteiger partial charge in [-0.2, -0.15) is 0 Å². The molecule has 24 heavy (non-hydrogen) atoms. The third-order valence-electron chi connectivity index (χ3n) is 3.44. The Kier molecular flexibility index (Phi) is 7.25. The summed E-state index contributed by atoms with van der Waals surface area (Å²) in [7, 11) is 0. The van der Waals surface area contributed by atoms with Crippen LogP contribution in [-0.2, 0) is 16.0 Å². The molecule has 0 aliphatic rings. The van der Waals surface area contributed by atoms with Gasteiger partial charge in [-0.05, 0) is 54.4 Å². The predicted molar refractivity (Wildman–Crippen MR) is 90.8 cm³/mol. The maximum absolute atomic E-state index is 12.0. The Hall–Kier alpha value is -2.05. The van der Waals surface area contributed by atoms with E-state index in [0.29, 0.717) is 25.8 Å². The van der Waals surface area contributed by atoms with Crippen molar-refractivity contribution in [2.75, 3.05) is 6.54 Å². The van der Waals surface area contributed by atoms with Crippen molar-refractivity contribution in [1.82, 2.24) is 15.8 Å². The fourth-order valence-electron chi connectivity index (χ4n) is 2.22. The van der Waals surface area contributed by atoms with Gasteiger partial charge in [0.25, 0.3) is 0 Å². The second-order valence-corrected chi connectivity index (χ2v) is 6.99. The van der Waals surface area contributed by atoms with Gasteiger partial charge in [0.05, 0.1) is 5.69 Å². The molecule has 0 bridgehead atoms. The number of aromatic nitrogens is 1. The fraction of sp³-hybridized carbons (Fsp3) is 0.706. The molecular formula is C17H29N3O4. The number of aryl methyl sites for hydroxylation is 2. The molecule has 2 N–H and O–H groups in total. The number of hydrogen-bond donors (Lipinski definition) is 2. The van der Waals surface area contributed by atoms with Gasteiger partial charge >= 0.3 is 6.09 Å². The summed E-state index contributed by atoms with van der Waals surface area (Å²) in [6.07, 6.45) is 1.18. The van der Waals surface area contributed by atoms with Crippen LogP contribution in [-0.4, -0.2) is 35.3 Å². The van der Waals surface area contributed by atoms with Crippen LogP contribution in [0.4, 0.5) is 4.79 Å². The first-order chi connectivity index (χ1) is 11.1. The lowest BCUT2D eigenvalue weighted by Gasteiger charge is -2.20. The van der Waals surface area contributed by atoms with E-state index in [1.165, 1.54) is 0 Å². The number of carbonyl (C=O) groups is 2. The SMILES string of the molecule is Cc1noc(C)c1CCC(=O)NC(C)CCNC(=O)OC(C)(C)C. The Labute approximate surface area is 143 Å². The molecule has 2 amide bonds. The number of carbonyl (C=O) groups excluding carboxylic acids is 2. The topological polar surface area (TPSA) is 93.5 Å². The molecule has 1 atom stereocenters. The molecule has 7 heteroatoms. The van der Waals surface area contributed by atoms with E-state index in [4.69, 9.17) is 9.26 Å². The third-order valence-corrected chi connectivity index (χ3v) is 3.44. The standard InChI is InChI=1S/C17H29N3O4/c1-11(9-10-18-16(22)23-17(4,5)6)19-15(21)8-7-14-12(2)20-24-13(14)3/h11H,7-10H2,1-6H3,(H,18,22)(H,19,21). The van der Waals surface area contributed by atoms with Crippen LogP contribution in [0.3, 0.4) is 0 Å². The minimum absolute atomic E-state index is 0.0280. The number of amides is 2. The Morgan fingerprint density at radius 2 is 1.96 bits per heavy atom. The monoisotopic (exact) mass is 339 g/mol. The molecule has 136 valence electrons. The molecule has 1 aromatic heterocycles. The Morgan fingerprint density at radius 1 is 1.29 bits per heavy atom. The molecular weight excluding hydrogens is 310 g/mol. The summed E-state index contributed by atoms with van der Waals surface area (Å²) in [6.45, 7) is 11.5. The fourth-order valence-corrected chi connectivity index (χ4v) is 2.22. The molecule has 0 radical (unpaired) electrons. The highest BCUT2D eigenvalue weighted by Crippen LogP contribution is 2.14. The van der Waals surface area contributed by atoms with E-state index in [1.807, 2.05) is 41.5 Å². The molecule has 0 aromatic carbocycles. The minimum Gasteiger partial charge on any atom is -0.444 e. The Bertz CT molecular complexity index is 541. The van der Waals surface area contributed by atoms with Gasteiger partial charge in [0.15, 0.2) is 0 Å². The van der Waals surface area contributed by atoms with Gasteiger partial charge in [-0.1, -0.05) is 5.16 Å². The molecule has 7 nitrogen and oxygen atoms in total. The summed E-state index contributed by atoms with van der Waals surface area (Å²) in [5.74, 6) is 0.731. The first-order valence-electron chi connectivity index (χ1n) is 8.26. The summed E-state index contributed by atoms with van der Waals surface area (Å²) < 4.78 is 10.2. The lowest BCUT2D eigenvalue weighted by molar-refractivity contribution is -0.121. The molecule has 0 spiro atoms. The molecule has 0 saturated heterocycles. The highest BCUT2D eigenvalue weighted by molar-refractivity contribution is 5.76. The van der Waals surface area contributed by atoms with E-state index in [-0.39, 0.29) is 11.9 Å². The number of nitrogens with one attached hydrogen (secondary N) is 2. The summed E-state index contributed by atoms with van der Waals surface area (Å²) in [6, 6.07) is -0.0305. The number of rotatable bonds is 7. The van der Waals surface area contributed by atoms with Crippen molar-refractivity contribution in [1.29, 1.82) is 0 Å². The second kappa shape index (κ2) is 8.70. The van der Waals surface area contributed by atoms with Crippen LogP contribution in [0.1, 0.15) is 57.6 Å². The largest absolute Gasteiger partial charge is 0.444 e. The van der Waals surface area contributed by atoms with Gasteiger partial charge in [0, 0.05) is 24.6 Å².